The number of nitrogens with zero attached hydrogens (tertiary/aromatic N) is 1. The fourth-order valence-electron chi connectivity index (χ4n) is 3.65. The molecule has 0 aromatic heterocycles. The summed E-state index contributed by atoms with van der Waals surface area (Å²) in [6, 6.07) is 17.9. The van der Waals surface area contributed by atoms with Crippen LogP contribution in [-0.2, 0) is 19.6 Å². The molecule has 0 saturated carbocycles. The van der Waals surface area contributed by atoms with E-state index in [-0.39, 0.29) is 36.4 Å². The van der Waals surface area contributed by atoms with Crippen molar-refractivity contribution in [3.63, 3.8) is 0 Å². The summed E-state index contributed by atoms with van der Waals surface area (Å²) in [6.45, 7) is 4.74. The molecule has 1 saturated heterocycles. The van der Waals surface area contributed by atoms with Gasteiger partial charge in [0.2, 0.25) is 10.0 Å². The Morgan fingerprint density at radius 1 is 1.03 bits per heavy atom. The van der Waals surface area contributed by atoms with Crippen molar-refractivity contribution in [1.82, 2.24) is 4.31 Å². The van der Waals surface area contributed by atoms with Crippen molar-refractivity contribution < 1.29 is 27.4 Å². The molecule has 1 N–H and O–H groups in total. The third-order valence-electron chi connectivity index (χ3n) is 5.29. The molecule has 0 aliphatic carbocycles. The van der Waals surface area contributed by atoms with Crippen molar-refractivity contribution in [3.05, 3.63) is 60.7 Å². The molecule has 9 heteroatoms. The molecular weight excluding hydrogens is 456 g/mol. The van der Waals surface area contributed by atoms with E-state index in [9.17, 15) is 13.2 Å². The van der Waals surface area contributed by atoms with Crippen molar-refractivity contribution >= 4 is 32.4 Å². The number of hydrogen-bond donors (Lipinski definition) is 1. The van der Waals surface area contributed by atoms with Crippen LogP contribution in [0.3, 0.4) is 0 Å². The number of hydrogen-bond acceptors (Lipinski definition) is 6. The Kier molecular flexibility index (Phi) is 7.35. The van der Waals surface area contributed by atoms with Crippen molar-refractivity contribution in [2.45, 2.75) is 24.8 Å². The quantitative estimate of drug-likeness (QED) is 0.524. The molecule has 4 rings (SSSR count). The normalized spacial score (nSPS) is 14.8. The van der Waals surface area contributed by atoms with Crippen LogP contribution in [0.1, 0.15) is 13.8 Å². The minimum absolute atomic E-state index is 0.0799. The largest absolute Gasteiger partial charge is 0.489 e. The van der Waals surface area contributed by atoms with Crippen molar-refractivity contribution in [1.29, 1.82) is 0 Å². The standard InChI is InChI=1S/C25H28N2O6S/c1-18(2)33-24-10-9-22(34(29,30)27-11-13-31-14-12-27)16-23(24)26-25(28)17-32-21-8-7-19-5-3-4-6-20(19)15-21/h3-10,15-16,18H,11-14,17H2,1-2H3,(H,26,28). The van der Waals surface area contributed by atoms with Gasteiger partial charge in [-0.1, -0.05) is 30.3 Å². The first-order valence-corrected chi connectivity index (χ1v) is 12.6. The number of nitrogens with one attached hydrogen (secondary N) is 1. The highest BCUT2D eigenvalue weighted by Crippen LogP contribution is 2.30. The minimum atomic E-state index is -3.73. The second-order valence-electron chi connectivity index (χ2n) is 8.19. The van der Waals surface area contributed by atoms with Crippen LogP contribution in [0.4, 0.5) is 5.69 Å². The molecule has 1 aliphatic heterocycles. The van der Waals surface area contributed by atoms with Crippen LogP contribution in [0, 0.1) is 0 Å². The van der Waals surface area contributed by atoms with Crippen molar-refractivity contribution in [3.8, 4) is 11.5 Å². The van der Waals surface area contributed by atoms with E-state index in [1.165, 1.54) is 16.4 Å². The lowest BCUT2D eigenvalue weighted by Gasteiger charge is -2.26. The van der Waals surface area contributed by atoms with E-state index in [1.807, 2.05) is 50.2 Å². The average molecular weight is 485 g/mol. The number of rotatable bonds is 8. The fourth-order valence-corrected chi connectivity index (χ4v) is 5.09. The van der Waals surface area contributed by atoms with E-state index in [1.54, 1.807) is 12.1 Å². The van der Waals surface area contributed by atoms with E-state index in [4.69, 9.17) is 14.2 Å². The molecule has 1 heterocycles. The highest BCUT2D eigenvalue weighted by atomic mass is 32.2. The smallest absolute Gasteiger partial charge is 0.262 e. The van der Waals surface area contributed by atoms with Gasteiger partial charge in [0.25, 0.3) is 5.91 Å². The van der Waals surface area contributed by atoms with Crippen LogP contribution in [0.25, 0.3) is 10.8 Å². The van der Waals surface area contributed by atoms with Gasteiger partial charge in [-0.25, -0.2) is 8.42 Å². The van der Waals surface area contributed by atoms with Crippen LogP contribution in [0.15, 0.2) is 65.6 Å². The highest BCUT2D eigenvalue weighted by Gasteiger charge is 2.27. The van der Waals surface area contributed by atoms with E-state index in [0.29, 0.717) is 24.7 Å². The number of carbonyl (C=O) groups is 1. The molecular formula is C25H28N2O6S. The molecule has 8 nitrogen and oxygen atoms in total. The Bertz CT molecular complexity index is 1270. The molecule has 0 atom stereocenters. The number of fused-ring (bicyclic) bond motifs is 1. The Balaban J connectivity index is 1.50. The molecule has 0 radical (unpaired) electrons. The zero-order valence-electron chi connectivity index (χ0n) is 19.2. The SMILES string of the molecule is CC(C)Oc1ccc(S(=O)(=O)N2CCOCC2)cc1NC(=O)COc1ccc2ccccc2c1. The summed E-state index contributed by atoms with van der Waals surface area (Å²) in [4.78, 5) is 12.8. The van der Waals surface area contributed by atoms with Gasteiger partial charge in [0.05, 0.1) is 29.9 Å². The summed E-state index contributed by atoms with van der Waals surface area (Å²) < 4.78 is 44.2. The fraction of sp³-hybridized carbons (Fsp3) is 0.320. The predicted molar refractivity (Wildman–Crippen MR) is 130 cm³/mol. The lowest BCUT2D eigenvalue weighted by molar-refractivity contribution is -0.118. The average Bonchev–Trinajstić information content (AvgIpc) is 2.84. The maximum atomic E-state index is 13.1. The Hall–Kier alpha value is -3.14. The van der Waals surface area contributed by atoms with Gasteiger partial charge in [0, 0.05) is 13.1 Å². The van der Waals surface area contributed by atoms with Gasteiger partial charge in [0.1, 0.15) is 11.5 Å². The van der Waals surface area contributed by atoms with Crippen LogP contribution in [0.5, 0.6) is 11.5 Å². The molecule has 1 fully saturated rings. The molecule has 34 heavy (non-hydrogen) atoms. The van der Waals surface area contributed by atoms with Gasteiger partial charge in [-0.2, -0.15) is 4.31 Å². The van der Waals surface area contributed by atoms with Gasteiger partial charge in [0.15, 0.2) is 6.61 Å². The molecule has 1 aliphatic rings. The first-order valence-electron chi connectivity index (χ1n) is 11.1. The van der Waals surface area contributed by atoms with Gasteiger partial charge in [-0.3, -0.25) is 4.79 Å². The second kappa shape index (κ2) is 10.4. The lowest BCUT2D eigenvalue weighted by Crippen LogP contribution is -2.40. The summed E-state index contributed by atoms with van der Waals surface area (Å²) in [5, 5.41) is 4.83. The van der Waals surface area contributed by atoms with E-state index in [0.717, 1.165) is 10.8 Å². The van der Waals surface area contributed by atoms with Crippen LogP contribution < -0.4 is 14.8 Å². The predicted octanol–water partition coefficient (Wildman–Crippen LogP) is 3.67. The number of sulfonamides is 1. The van der Waals surface area contributed by atoms with Crippen molar-refractivity contribution in [2.75, 3.05) is 38.2 Å². The van der Waals surface area contributed by atoms with Crippen molar-refractivity contribution in [2.24, 2.45) is 0 Å². The summed E-state index contributed by atoms with van der Waals surface area (Å²) in [5.74, 6) is 0.522. The zero-order chi connectivity index (χ0) is 24.1. The number of benzene rings is 3. The number of anilines is 1. The number of amides is 1. The summed E-state index contributed by atoms with van der Waals surface area (Å²) in [7, 11) is -3.73. The third kappa shape index (κ3) is 5.67. The highest BCUT2D eigenvalue weighted by molar-refractivity contribution is 7.89. The number of morpholine rings is 1. The second-order valence-corrected chi connectivity index (χ2v) is 10.1. The maximum absolute atomic E-state index is 13.1. The summed E-state index contributed by atoms with van der Waals surface area (Å²) in [5.41, 5.74) is 0.273. The van der Waals surface area contributed by atoms with Gasteiger partial charge < -0.3 is 19.5 Å². The summed E-state index contributed by atoms with van der Waals surface area (Å²) >= 11 is 0. The number of carbonyl (C=O) groups excluding carboxylic acids is 1. The van der Waals surface area contributed by atoms with E-state index < -0.39 is 15.9 Å². The monoisotopic (exact) mass is 484 g/mol. The zero-order valence-corrected chi connectivity index (χ0v) is 20.0. The maximum Gasteiger partial charge on any atom is 0.262 e. The first-order chi connectivity index (χ1) is 16.3. The van der Waals surface area contributed by atoms with Gasteiger partial charge in [-0.15, -0.1) is 0 Å². The van der Waals surface area contributed by atoms with E-state index in [2.05, 4.69) is 5.32 Å². The molecule has 180 valence electrons. The lowest BCUT2D eigenvalue weighted by atomic mass is 10.1. The topological polar surface area (TPSA) is 94.2 Å². The Morgan fingerprint density at radius 2 is 1.76 bits per heavy atom. The summed E-state index contributed by atoms with van der Waals surface area (Å²) in [6.07, 6.45) is -0.161. The number of ether oxygens (including phenoxy) is 3. The molecule has 0 unspecified atom stereocenters. The molecule has 0 spiro atoms. The minimum Gasteiger partial charge on any atom is -0.489 e. The Labute approximate surface area is 199 Å². The molecule has 0 bridgehead atoms. The van der Waals surface area contributed by atoms with E-state index >= 15 is 0 Å². The molecule has 3 aromatic carbocycles. The van der Waals surface area contributed by atoms with Crippen LogP contribution >= 0.6 is 0 Å². The van der Waals surface area contributed by atoms with Gasteiger partial charge in [-0.05, 0) is 55.0 Å². The molecule has 3 aromatic rings. The third-order valence-corrected chi connectivity index (χ3v) is 7.18. The molecule has 1 amide bonds. The first kappa shape index (κ1) is 24.0. The van der Waals surface area contributed by atoms with Crippen LogP contribution in [0.2, 0.25) is 0 Å². The van der Waals surface area contributed by atoms with Gasteiger partial charge >= 0.3 is 0 Å². The van der Waals surface area contributed by atoms with Crippen LogP contribution in [-0.4, -0.2) is 57.6 Å². The Morgan fingerprint density at radius 3 is 2.50 bits per heavy atom.